The van der Waals surface area contributed by atoms with Crippen molar-refractivity contribution in [1.82, 2.24) is 10.5 Å². The summed E-state index contributed by atoms with van der Waals surface area (Å²) in [6, 6.07) is -0.0923. The number of carbonyl (C=O) groups is 2. The zero-order chi connectivity index (χ0) is 68.5. The number of allylic oxidation sites excluding steroid dienone is 12. The average molecular weight is 1330 g/mol. The number of ether oxygens (including phenoxy) is 7. The molecule has 0 aliphatic carbocycles. The number of hydrogen-bond acceptors (Lipinski definition) is 29. The Labute approximate surface area is 538 Å². The maximum atomic E-state index is 14.2. The first-order valence-electron chi connectivity index (χ1n) is 31.3. The van der Waals surface area contributed by atoms with Crippen LogP contribution in [0.1, 0.15) is 84.8 Å². The minimum atomic E-state index is -2.69. The molecule has 28 atom stereocenters. The number of aliphatic hydroxyl groups excluding tert-OH is 15. The molecule has 19 N–H and O–H groups in total. The van der Waals surface area contributed by atoms with Gasteiger partial charge in [0.25, 0.3) is 0 Å². The number of nitrogens with one attached hydrogen (secondary N) is 2. The van der Waals surface area contributed by atoms with Crippen molar-refractivity contribution in [3.05, 3.63) is 96.9 Å². The Bertz CT molecular complexity index is 2670. The number of anilines is 1. The molecule has 30 nitrogen and oxygen atoms in total. The number of nitrogens with zero attached hydrogens (tertiary/aromatic N) is 1. The molecule has 6 heterocycles. The van der Waals surface area contributed by atoms with Crippen LogP contribution < -0.4 is 10.6 Å². The highest BCUT2D eigenvalue weighted by molar-refractivity contribution is 5.92. The van der Waals surface area contributed by atoms with E-state index in [9.17, 15) is 96.4 Å². The van der Waals surface area contributed by atoms with E-state index < -0.39 is 228 Å². The maximum Gasteiger partial charge on any atom is 0.308 e. The lowest BCUT2D eigenvalue weighted by atomic mass is 9.82. The summed E-state index contributed by atoms with van der Waals surface area (Å²) in [6.45, 7) is 5.80. The maximum absolute atomic E-state index is 14.2. The third kappa shape index (κ3) is 22.2. The molecular weight excluding hydrogens is 1230 g/mol. The molecule has 0 aromatic carbocycles. The molecule has 5 aliphatic heterocycles. The lowest BCUT2D eigenvalue weighted by molar-refractivity contribution is -0.368. The highest BCUT2D eigenvalue weighted by atomic mass is 16.7. The molecule has 93 heavy (non-hydrogen) atoms. The molecule has 2 bridgehead atoms. The monoisotopic (exact) mass is 1330 g/mol. The van der Waals surface area contributed by atoms with Gasteiger partial charge in [0.15, 0.2) is 24.2 Å². The van der Waals surface area contributed by atoms with E-state index in [0.717, 1.165) is 0 Å². The van der Waals surface area contributed by atoms with E-state index in [1.54, 1.807) is 101 Å². The van der Waals surface area contributed by atoms with Gasteiger partial charge in [-0.2, -0.15) is 0 Å². The number of aliphatic hydroxyl groups is 17. The summed E-state index contributed by atoms with van der Waals surface area (Å²) in [7, 11) is 0. The van der Waals surface area contributed by atoms with Gasteiger partial charge in [-0.05, 0) is 40.0 Å². The standard InChI is InChI=1S/C63H97N3O27/c1-32-18-16-14-12-10-8-6-7-9-11-13-15-17-19-40(89-60-54(79)50(52(77)36(5)88-60)64-31-63(85)58(82)57(44(74)30-86-63)91-61-56(81)55(80)53(78)46(29-67)90-61)26-45-49(59(83)65-47-22-33(2)93-66-47)43(73)28-62(84,92-45)27-39(70)24-42(72)41(71)21-20-37(68)23-38(69)25-48(75)87-35(4)34(3)51(32)76/h6-19,22,32,34-46,49-58,60-61,64,67-74,76-82,84-85H,20-21,23-31H2,1-5H3,(H,65,66,83)/t32-,34?,35-,36+,37+,38+,39-,40-,41+,42+,43-,44+,45?,46+,49?,50-,51+,52+,53+,54-,55-,56+,57+,58-,60-,61?,62+,63+/m0/s1. The molecule has 4 saturated heterocycles. The van der Waals surface area contributed by atoms with Crippen LogP contribution in [0.15, 0.2) is 95.7 Å². The van der Waals surface area contributed by atoms with Crippen LogP contribution in [0.4, 0.5) is 5.82 Å². The summed E-state index contributed by atoms with van der Waals surface area (Å²) in [5, 5.41) is 197. The number of aromatic nitrogens is 1. The SMILES string of the molecule is Cc1cc(NC(=O)C2C3C[C@@H](O[C@@H]4O[C@H](C)[C@@H](O)[C@H](NC[C@@]5(O)OC[C@@H](O)[C@@H](OC6O[C@H](CO)[C@@H](O)[C@H](O)[C@H]6O)[C@@H]5O)[C@@H]4O)C=CC=CC=CC=CC=CC=CC=C[C@H](C)[C@@H](O)C(C)[C@H](C)OC(=O)C[C@H](O)C[C@H](O)CC[C@@H](O)[C@H](O)C[C@H](O)C[C@](O)(C[C@@H]2O)O3)no1. The van der Waals surface area contributed by atoms with E-state index in [-0.39, 0.29) is 31.0 Å². The molecule has 0 saturated carbocycles. The van der Waals surface area contributed by atoms with Gasteiger partial charge in [-0.1, -0.05) is 104 Å². The zero-order valence-corrected chi connectivity index (χ0v) is 52.6. The van der Waals surface area contributed by atoms with Crippen molar-refractivity contribution in [2.75, 3.05) is 25.1 Å². The van der Waals surface area contributed by atoms with Gasteiger partial charge in [-0.15, -0.1) is 0 Å². The van der Waals surface area contributed by atoms with Crippen molar-refractivity contribution < 1.29 is 134 Å². The zero-order valence-electron chi connectivity index (χ0n) is 52.6. The Balaban J connectivity index is 1.26. The number of rotatable bonds is 10. The Hall–Kier alpha value is -4.63. The minimum absolute atomic E-state index is 0.0434. The van der Waals surface area contributed by atoms with Crippen molar-refractivity contribution >= 4 is 17.7 Å². The van der Waals surface area contributed by atoms with E-state index in [1.165, 1.54) is 25.1 Å². The van der Waals surface area contributed by atoms with Gasteiger partial charge in [0.1, 0.15) is 60.7 Å². The van der Waals surface area contributed by atoms with Crippen LogP contribution >= 0.6 is 0 Å². The molecular formula is C63H97N3O27. The van der Waals surface area contributed by atoms with Gasteiger partial charge in [0.2, 0.25) is 11.7 Å². The Morgan fingerprint density at radius 2 is 1.27 bits per heavy atom. The van der Waals surface area contributed by atoms with Crippen LogP contribution in [0.3, 0.4) is 0 Å². The number of fused-ring (bicyclic) bond motifs is 2. The van der Waals surface area contributed by atoms with Crippen LogP contribution in [0.2, 0.25) is 0 Å². The number of aryl methyl sites for hydroxylation is 1. The van der Waals surface area contributed by atoms with E-state index in [1.807, 2.05) is 0 Å². The highest BCUT2D eigenvalue weighted by Gasteiger charge is 2.55. The van der Waals surface area contributed by atoms with Gasteiger partial charge < -0.3 is 135 Å². The molecule has 1 aromatic heterocycles. The molecule has 1 aromatic rings. The first-order chi connectivity index (χ1) is 43.9. The Morgan fingerprint density at radius 1 is 0.645 bits per heavy atom. The molecule has 4 unspecified atom stereocenters. The van der Waals surface area contributed by atoms with Crippen molar-refractivity contribution in [2.45, 2.75) is 238 Å². The highest BCUT2D eigenvalue weighted by Crippen LogP contribution is 2.39. The molecule has 30 heteroatoms. The molecule has 6 rings (SSSR count). The first kappa shape index (κ1) is 77.4. The predicted molar refractivity (Wildman–Crippen MR) is 325 cm³/mol. The second kappa shape index (κ2) is 36.1. The van der Waals surface area contributed by atoms with Gasteiger partial charge in [-0.25, -0.2) is 0 Å². The smallest absolute Gasteiger partial charge is 0.308 e. The molecule has 5 aliphatic rings. The summed E-state index contributed by atoms with van der Waals surface area (Å²) in [4.78, 5) is 27.0. The van der Waals surface area contributed by atoms with Crippen molar-refractivity contribution in [3.63, 3.8) is 0 Å². The predicted octanol–water partition coefficient (Wildman–Crippen LogP) is -3.18. The number of hydrogen-bond donors (Lipinski definition) is 19. The van der Waals surface area contributed by atoms with Crippen LogP contribution in [-0.2, 0) is 42.7 Å². The summed E-state index contributed by atoms with van der Waals surface area (Å²) < 4.78 is 45.8. The van der Waals surface area contributed by atoms with Crippen molar-refractivity contribution in [1.29, 1.82) is 0 Å². The summed E-state index contributed by atoms with van der Waals surface area (Å²) >= 11 is 0. The molecule has 526 valence electrons. The Kier molecular flexibility index (Phi) is 30.0. The van der Waals surface area contributed by atoms with Gasteiger partial charge in [-0.3, -0.25) is 9.59 Å². The van der Waals surface area contributed by atoms with Crippen molar-refractivity contribution in [3.8, 4) is 0 Å². The van der Waals surface area contributed by atoms with Crippen LogP contribution in [0, 0.1) is 24.7 Å². The summed E-state index contributed by atoms with van der Waals surface area (Å²) in [5.41, 5.74) is 0. The fraction of sp³-hybridized carbons (Fsp3) is 0.698. The fourth-order valence-electron chi connectivity index (χ4n) is 11.6. The Morgan fingerprint density at radius 3 is 1.89 bits per heavy atom. The van der Waals surface area contributed by atoms with E-state index >= 15 is 0 Å². The van der Waals surface area contributed by atoms with Crippen molar-refractivity contribution in [2.24, 2.45) is 17.8 Å². The fourth-order valence-corrected chi connectivity index (χ4v) is 11.6. The van der Waals surface area contributed by atoms with E-state index in [0.29, 0.717) is 5.76 Å². The lowest BCUT2D eigenvalue weighted by Crippen LogP contribution is -2.70. The summed E-state index contributed by atoms with van der Waals surface area (Å²) in [5.74, 6) is -8.89. The first-order valence-corrected chi connectivity index (χ1v) is 31.3. The van der Waals surface area contributed by atoms with Gasteiger partial charge >= 0.3 is 5.97 Å². The van der Waals surface area contributed by atoms with Crippen LogP contribution in [0.5, 0.6) is 0 Å². The number of cyclic esters (lactones) is 1. The quantitative estimate of drug-likeness (QED) is 0.103. The topological polar surface area (TPSA) is 493 Å². The lowest BCUT2D eigenvalue weighted by Gasteiger charge is -2.48. The van der Waals surface area contributed by atoms with E-state index in [2.05, 4.69) is 15.8 Å². The van der Waals surface area contributed by atoms with Gasteiger partial charge in [0, 0.05) is 43.6 Å². The molecule has 0 spiro atoms. The number of amides is 1. The third-order valence-electron chi connectivity index (χ3n) is 17.3. The average Bonchev–Trinajstić information content (AvgIpc) is 0.920. The van der Waals surface area contributed by atoms with Gasteiger partial charge in [0.05, 0.1) is 105 Å². The third-order valence-corrected chi connectivity index (χ3v) is 17.3. The summed E-state index contributed by atoms with van der Waals surface area (Å²) in [6.07, 6.45) is -14.5. The van der Waals surface area contributed by atoms with Crippen LogP contribution in [-0.4, -0.2) is 276 Å². The second-order valence-electron chi connectivity index (χ2n) is 24.8. The molecule has 1 amide bonds. The largest absolute Gasteiger partial charge is 0.462 e. The second-order valence-corrected chi connectivity index (χ2v) is 24.8. The van der Waals surface area contributed by atoms with Crippen LogP contribution in [0.25, 0.3) is 0 Å². The molecule has 4 fully saturated rings. The minimum Gasteiger partial charge on any atom is -0.462 e. The molecule has 0 radical (unpaired) electrons. The normalized spacial score (nSPS) is 43.0. The van der Waals surface area contributed by atoms with E-state index in [4.69, 9.17) is 37.7 Å². The number of esters is 1. The number of carbonyl (C=O) groups excluding carboxylic acids is 2.